The predicted octanol–water partition coefficient (Wildman–Crippen LogP) is 1.61. The second-order valence-electron chi connectivity index (χ2n) is 4.46. The number of unbranched alkanes of at least 4 members (excludes halogenated alkanes) is 2. The molecule has 1 aliphatic rings. The normalized spacial score (nSPS) is 25.4. The van der Waals surface area contributed by atoms with E-state index in [1.807, 2.05) is 0 Å². The van der Waals surface area contributed by atoms with Crippen LogP contribution in [-0.4, -0.2) is 43.3 Å². The fourth-order valence-corrected chi connectivity index (χ4v) is 2.09. The first-order chi connectivity index (χ1) is 7.27. The second-order valence-corrected chi connectivity index (χ2v) is 4.46. The van der Waals surface area contributed by atoms with Gasteiger partial charge in [0, 0.05) is 19.1 Å². The first-order valence-corrected chi connectivity index (χ1v) is 6.37. The number of nitrogens with zero attached hydrogens (tertiary/aromatic N) is 1. The molecule has 90 valence electrons. The zero-order valence-electron chi connectivity index (χ0n) is 10.2. The summed E-state index contributed by atoms with van der Waals surface area (Å²) in [6.45, 7) is 8.46. The van der Waals surface area contributed by atoms with E-state index < -0.39 is 0 Å². The minimum atomic E-state index is 0.228. The number of likely N-dealkylation sites (N-methyl/N-ethyl adjacent to an activating group) is 1. The number of ether oxygens (including phenoxy) is 1. The average Bonchev–Trinajstić information content (AvgIpc) is 2.29. The lowest BCUT2D eigenvalue weighted by Crippen LogP contribution is -2.50. The van der Waals surface area contributed by atoms with Crippen LogP contribution in [0.4, 0.5) is 0 Å². The highest BCUT2D eigenvalue weighted by Crippen LogP contribution is 2.12. The van der Waals surface area contributed by atoms with Gasteiger partial charge in [-0.05, 0) is 13.0 Å². The van der Waals surface area contributed by atoms with Gasteiger partial charge in [-0.2, -0.15) is 0 Å². The highest BCUT2D eigenvalue weighted by atomic mass is 16.5. The molecule has 0 aromatic rings. The molecular formula is C12H26N2O. The van der Waals surface area contributed by atoms with Crippen molar-refractivity contribution >= 4 is 0 Å². The van der Waals surface area contributed by atoms with Crippen molar-refractivity contribution < 1.29 is 4.74 Å². The summed E-state index contributed by atoms with van der Waals surface area (Å²) in [5.74, 6) is 0. The molecule has 2 atom stereocenters. The molecule has 0 amide bonds. The first-order valence-electron chi connectivity index (χ1n) is 6.37. The molecule has 1 saturated heterocycles. The largest absolute Gasteiger partial charge is 0.374 e. The summed E-state index contributed by atoms with van der Waals surface area (Å²) >= 11 is 0. The van der Waals surface area contributed by atoms with Crippen LogP contribution < -0.4 is 5.73 Å². The van der Waals surface area contributed by atoms with E-state index in [0.717, 1.165) is 32.7 Å². The molecule has 2 N–H and O–H groups in total. The van der Waals surface area contributed by atoms with Crippen LogP contribution in [-0.2, 0) is 4.74 Å². The van der Waals surface area contributed by atoms with Gasteiger partial charge in [0.05, 0.1) is 12.7 Å². The van der Waals surface area contributed by atoms with Gasteiger partial charge in [0.1, 0.15) is 0 Å². The molecule has 0 aromatic carbocycles. The number of nitrogens with two attached hydrogens (primary N) is 1. The van der Waals surface area contributed by atoms with Crippen LogP contribution in [0.15, 0.2) is 0 Å². The van der Waals surface area contributed by atoms with E-state index in [-0.39, 0.29) is 12.1 Å². The quantitative estimate of drug-likeness (QED) is 0.683. The molecule has 3 nitrogen and oxygen atoms in total. The molecule has 15 heavy (non-hydrogen) atoms. The Bertz CT molecular complexity index is 164. The fraction of sp³-hybridized carbons (Fsp3) is 1.00. The van der Waals surface area contributed by atoms with Gasteiger partial charge < -0.3 is 10.5 Å². The SMILES string of the molecule is CCCCCC(N)C1CN(CC)CCO1. The molecular weight excluding hydrogens is 188 g/mol. The van der Waals surface area contributed by atoms with Crippen molar-refractivity contribution in [3.05, 3.63) is 0 Å². The second kappa shape index (κ2) is 7.20. The van der Waals surface area contributed by atoms with Gasteiger partial charge in [-0.25, -0.2) is 0 Å². The molecule has 0 aromatic heterocycles. The topological polar surface area (TPSA) is 38.5 Å². The van der Waals surface area contributed by atoms with Crippen molar-refractivity contribution in [2.24, 2.45) is 5.73 Å². The minimum Gasteiger partial charge on any atom is -0.374 e. The molecule has 1 fully saturated rings. The van der Waals surface area contributed by atoms with Gasteiger partial charge in [0.25, 0.3) is 0 Å². The van der Waals surface area contributed by atoms with Gasteiger partial charge in [0.15, 0.2) is 0 Å². The van der Waals surface area contributed by atoms with Crippen molar-refractivity contribution in [2.75, 3.05) is 26.2 Å². The van der Waals surface area contributed by atoms with E-state index in [9.17, 15) is 0 Å². The Morgan fingerprint density at radius 3 is 2.87 bits per heavy atom. The smallest absolute Gasteiger partial charge is 0.0853 e. The molecule has 0 spiro atoms. The van der Waals surface area contributed by atoms with E-state index in [1.165, 1.54) is 19.3 Å². The van der Waals surface area contributed by atoms with E-state index in [4.69, 9.17) is 10.5 Å². The highest BCUT2D eigenvalue weighted by molar-refractivity contribution is 4.80. The summed E-state index contributed by atoms with van der Waals surface area (Å²) in [5, 5.41) is 0. The van der Waals surface area contributed by atoms with Gasteiger partial charge in [-0.15, -0.1) is 0 Å². The van der Waals surface area contributed by atoms with E-state index in [0.29, 0.717) is 0 Å². The Hall–Kier alpha value is -0.120. The summed E-state index contributed by atoms with van der Waals surface area (Å²) in [5.41, 5.74) is 6.15. The molecule has 1 aliphatic heterocycles. The summed E-state index contributed by atoms with van der Waals surface area (Å²) < 4.78 is 5.74. The van der Waals surface area contributed by atoms with Crippen LogP contribution in [0.25, 0.3) is 0 Å². The summed E-state index contributed by atoms with van der Waals surface area (Å²) in [6.07, 6.45) is 5.16. The third-order valence-corrected chi connectivity index (χ3v) is 3.24. The summed E-state index contributed by atoms with van der Waals surface area (Å²) in [4.78, 5) is 2.42. The van der Waals surface area contributed by atoms with Crippen LogP contribution in [0.5, 0.6) is 0 Å². The molecule has 2 unspecified atom stereocenters. The van der Waals surface area contributed by atoms with Crippen molar-refractivity contribution in [2.45, 2.75) is 51.7 Å². The first kappa shape index (κ1) is 12.9. The minimum absolute atomic E-state index is 0.228. The van der Waals surface area contributed by atoms with Crippen LogP contribution in [0, 0.1) is 0 Å². The van der Waals surface area contributed by atoms with Crippen molar-refractivity contribution in [3.8, 4) is 0 Å². The Labute approximate surface area is 94.0 Å². The average molecular weight is 214 g/mol. The third kappa shape index (κ3) is 4.49. The van der Waals surface area contributed by atoms with Crippen LogP contribution in [0.2, 0.25) is 0 Å². The van der Waals surface area contributed by atoms with E-state index in [2.05, 4.69) is 18.7 Å². The zero-order valence-corrected chi connectivity index (χ0v) is 10.2. The third-order valence-electron chi connectivity index (χ3n) is 3.24. The molecule has 0 bridgehead atoms. The zero-order chi connectivity index (χ0) is 11.1. The maximum Gasteiger partial charge on any atom is 0.0853 e. The van der Waals surface area contributed by atoms with Crippen molar-refractivity contribution in [3.63, 3.8) is 0 Å². The molecule has 1 heterocycles. The molecule has 1 rings (SSSR count). The van der Waals surface area contributed by atoms with E-state index in [1.54, 1.807) is 0 Å². The van der Waals surface area contributed by atoms with Gasteiger partial charge >= 0.3 is 0 Å². The predicted molar refractivity (Wildman–Crippen MR) is 64.0 cm³/mol. The standard InChI is InChI=1S/C12H26N2O/c1-3-5-6-7-11(13)12-10-14(4-2)8-9-15-12/h11-12H,3-10,13H2,1-2H3. The lowest BCUT2D eigenvalue weighted by Gasteiger charge is -2.35. The van der Waals surface area contributed by atoms with Gasteiger partial charge in [0.2, 0.25) is 0 Å². The monoisotopic (exact) mass is 214 g/mol. The summed E-state index contributed by atoms with van der Waals surface area (Å²) in [7, 11) is 0. The fourth-order valence-electron chi connectivity index (χ4n) is 2.09. The Morgan fingerprint density at radius 1 is 1.40 bits per heavy atom. The Morgan fingerprint density at radius 2 is 2.20 bits per heavy atom. The maximum atomic E-state index is 6.15. The lowest BCUT2D eigenvalue weighted by atomic mass is 10.0. The lowest BCUT2D eigenvalue weighted by molar-refractivity contribution is -0.0400. The molecule has 0 radical (unpaired) electrons. The molecule has 0 saturated carbocycles. The highest BCUT2D eigenvalue weighted by Gasteiger charge is 2.24. The number of hydrogen-bond donors (Lipinski definition) is 1. The van der Waals surface area contributed by atoms with Crippen LogP contribution >= 0.6 is 0 Å². The number of hydrogen-bond acceptors (Lipinski definition) is 3. The Kier molecular flexibility index (Phi) is 6.22. The van der Waals surface area contributed by atoms with Crippen LogP contribution in [0.3, 0.4) is 0 Å². The maximum absolute atomic E-state index is 6.15. The van der Waals surface area contributed by atoms with Gasteiger partial charge in [-0.3, -0.25) is 4.90 Å². The van der Waals surface area contributed by atoms with Crippen LogP contribution in [0.1, 0.15) is 39.5 Å². The van der Waals surface area contributed by atoms with Crippen molar-refractivity contribution in [1.29, 1.82) is 0 Å². The number of morpholine rings is 1. The summed E-state index contributed by atoms with van der Waals surface area (Å²) in [6, 6.07) is 0.228. The number of rotatable bonds is 6. The molecule has 0 aliphatic carbocycles. The van der Waals surface area contributed by atoms with Gasteiger partial charge in [-0.1, -0.05) is 33.1 Å². The van der Waals surface area contributed by atoms with Crippen molar-refractivity contribution in [1.82, 2.24) is 4.90 Å². The van der Waals surface area contributed by atoms with E-state index >= 15 is 0 Å². The molecule has 3 heteroatoms. The Balaban J connectivity index is 2.22.